The van der Waals surface area contributed by atoms with Gasteiger partial charge in [-0.1, -0.05) is 6.07 Å². The summed E-state index contributed by atoms with van der Waals surface area (Å²) in [5.74, 6) is -2.30. The van der Waals surface area contributed by atoms with E-state index in [2.05, 4.69) is 20.2 Å². The zero-order valence-corrected chi connectivity index (χ0v) is 17.7. The highest BCUT2D eigenvalue weighted by atomic mass is 32.1. The molecule has 1 aliphatic rings. The number of hydrogen-bond acceptors (Lipinski definition) is 6. The van der Waals surface area contributed by atoms with Gasteiger partial charge in [0, 0.05) is 43.0 Å². The zero-order valence-electron chi connectivity index (χ0n) is 16.9. The Morgan fingerprint density at radius 1 is 1.16 bits per heavy atom. The normalized spacial score (nSPS) is 14.7. The van der Waals surface area contributed by atoms with Gasteiger partial charge in [-0.05, 0) is 24.3 Å². The number of carbonyl (C=O) groups is 1. The number of morpholine rings is 1. The summed E-state index contributed by atoms with van der Waals surface area (Å²) in [6.45, 7) is 3.84. The van der Waals surface area contributed by atoms with Crippen molar-refractivity contribution in [1.29, 1.82) is 0 Å². The van der Waals surface area contributed by atoms with E-state index in [1.165, 1.54) is 23.5 Å². The lowest BCUT2D eigenvalue weighted by molar-refractivity contribution is 0.0337. The predicted octanol–water partition coefficient (Wildman–Crippen LogP) is 3.82. The Hall–Kier alpha value is -3.21. The molecule has 164 valence electrons. The van der Waals surface area contributed by atoms with Crippen LogP contribution in [0, 0.1) is 11.6 Å². The summed E-state index contributed by atoms with van der Waals surface area (Å²) in [5.41, 5.74) is 1.81. The van der Waals surface area contributed by atoms with E-state index >= 15 is 0 Å². The molecule has 4 aromatic rings. The molecule has 0 bridgehead atoms. The van der Waals surface area contributed by atoms with Crippen molar-refractivity contribution in [2.75, 3.05) is 31.6 Å². The van der Waals surface area contributed by atoms with Gasteiger partial charge in [0.15, 0.2) is 16.8 Å². The van der Waals surface area contributed by atoms with Gasteiger partial charge in [0.05, 0.1) is 30.2 Å². The van der Waals surface area contributed by atoms with E-state index in [-0.39, 0.29) is 17.2 Å². The first-order valence-corrected chi connectivity index (χ1v) is 10.9. The van der Waals surface area contributed by atoms with Gasteiger partial charge in [-0.3, -0.25) is 15.0 Å². The quantitative estimate of drug-likeness (QED) is 0.495. The van der Waals surface area contributed by atoms with Crippen LogP contribution in [-0.4, -0.2) is 51.5 Å². The molecule has 4 heterocycles. The number of hydrogen-bond donors (Lipinski definition) is 1. The van der Waals surface area contributed by atoms with Crippen LogP contribution in [0.1, 0.15) is 16.1 Å². The molecule has 0 radical (unpaired) electrons. The van der Waals surface area contributed by atoms with Gasteiger partial charge in [0.1, 0.15) is 5.65 Å². The van der Waals surface area contributed by atoms with Crippen LogP contribution in [0.3, 0.4) is 0 Å². The first-order valence-electron chi connectivity index (χ1n) is 10.1. The Morgan fingerprint density at radius 2 is 2.00 bits per heavy atom. The van der Waals surface area contributed by atoms with Gasteiger partial charge in [-0.15, -0.1) is 11.3 Å². The number of carbonyl (C=O) groups excluding carboxylic acids is 1. The van der Waals surface area contributed by atoms with Gasteiger partial charge < -0.3 is 9.14 Å². The number of pyridine rings is 1. The minimum Gasteiger partial charge on any atom is -0.379 e. The number of anilines is 1. The molecule has 7 nitrogen and oxygen atoms in total. The topological polar surface area (TPSA) is 71.8 Å². The fraction of sp³-hybridized carbons (Fsp3) is 0.227. The van der Waals surface area contributed by atoms with Crippen LogP contribution < -0.4 is 5.32 Å². The van der Waals surface area contributed by atoms with Gasteiger partial charge >= 0.3 is 0 Å². The highest BCUT2D eigenvalue weighted by Gasteiger charge is 2.18. The van der Waals surface area contributed by atoms with Crippen LogP contribution in [0.25, 0.3) is 16.9 Å². The monoisotopic (exact) mass is 455 g/mol. The number of fused-ring (bicyclic) bond motifs is 1. The Kier molecular flexibility index (Phi) is 5.64. The van der Waals surface area contributed by atoms with E-state index in [1.807, 2.05) is 5.38 Å². The molecule has 1 aromatic carbocycles. The number of thiazole rings is 1. The molecule has 1 saturated heterocycles. The van der Waals surface area contributed by atoms with Crippen molar-refractivity contribution >= 4 is 28.0 Å². The minimum atomic E-state index is -0.975. The highest BCUT2D eigenvalue weighted by Crippen LogP contribution is 2.26. The van der Waals surface area contributed by atoms with Gasteiger partial charge in [-0.25, -0.2) is 18.7 Å². The standard InChI is InChI=1S/C22H19F2N5O2S/c23-17-5-1-3-15(19(17)24)18-12-29-6-2-4-16(20(29)26-18)21(30)27-22-25-14(13-32-22)11-28-7-9-31-10-8-28/h1-6,12-13H,7-11H2,(H,25,27,30). The third-order valence-corrected chi connectivity index (χ3v) is 6.02. The van der Waals surface area contributed by atoms with Crippen LogP contribution in [0.4, 0.5) is 13.9 Å². The van der Waals surface area contributed by atoms with Crippen molar-refractivity contribution < 1.29 is 18.3 Å². The van der Waals surface area contributed by atoms with Crippen molar-refractivity contribution in [1.82, 2.24) is 19.3 Å². The molecule has 3 aromatic heterocycles. The van der Waals surface area contributed by atoms with Crippen molar-refractivity contribution in [3.05, 3.63) is 71.0 Å². The molecular formula is C22H19F2N5O2S. The maximum absolute atomic E-state index is 14.2. The number of nitrogens with one attached hydrogen (secondary N) is 1. The molecule has 5 rings (SSSR count). The van der Waals surface area contributed by atoms with E-state index in [4.69, 9.17) is 4.74 Å². The number of halogens is 2. The van der Waals surface area contributed by atoms with Crippen LogP contribution in [0.15, 0.2) is 48.1 Å². The number of rotatable bonds is 5. The second kappa shape index (κ2) is 8.73. The molecule has 32 heavy (non-hydrogen) atoms. The number of benzene rings is 1. The molecule has 1 fully saturated rings. The Morgan fingerprint density at radius 3 is 2.84 bits per heavy atom. The molecule has 1 amide bonds. The number of amides is 1. The number of nitrogens with zero attached hydrogens (tertiary/aromatic N) is 4. The summed E-state index contributed by atoms with van der Waals surface area (Å²) in [6.07, 6.45) is 3.26. The SMILES string of the molecule is O=C(Nc1nc(CN2CCOCC2)cs1)c1cccn2cc(-c3cccc(F)c3F)nc12. The lowest BCUT2D eigenvalue weighted by Crippen LogP contribution is -2.35. The lowest BCUT2D eigenvalue weighted by atomic mass is 10.1. The molecule has 0 aliphatic carbocycles. The molecule has 1 aliphatic heterocycles. The molecule has 1 N–H and O–H groups in total. The second-order valence-corrected chi connectivity index (χ2v) is 8.23. The molecule has 0 saturated carbocycles. The lowest BCUT2D eigenvalue weighted by Gasteiger charge is -2.25. The van der Waals surface area contributed by atoms with Crippen LogP contribution >= 0.6 is 11.3 Å². The first-order chi connectivity index (χ1) is 15.6. The summed E-state index contributed by atoms with van der Waals surface area (Å²) in [7, 11) is 0. The third-order valence-electron chi connectivity index (χ3n) is 5.22. The summed E-state index contributed by atoms with van der Waals surface area (Å²) < 4.78 is 34.8. The van der Waals surface area contributed by atoms with Crippen molar-refractivity contribution in [3.8, 4) is 11.3 Å². The van der Waals surface area contributed by atoms with Crippen LogP contribution in [0.2, 0.25) is 0 Å². The first kappa shape index (κ1) is 20.7. The van der Waals surface area contributed by atoms with Crippen molar-refractivity contribution in [3.63, 3.8) is 0 Å². The Balaban J connectivity index is 1.37. The second-order valence-electron chi connectivity index (χ2n) is 7.37. The molecule has 10 heteroatoms. The van der Waals surface area contributed by atoms with Crippen LogP contribution in [-0.2, 0) is 11.3 Å². The number of aromatic nitrogens is 3. The van der Waals surface area contributed by atoms with Gasteiger partial charge in [0.2, 0.25) is 0 Å². The largest absolute Gasteiger partial charge is 0.379 e. The summed E-state index contributed by atoms with van der Waals surface area (Å²) in [5, 5.41) is 5.23. The summed E-state index contributed by atoms with van der Waals surface area (Å²) >= 11 is 1.35. The van der Waals surface area contributed by atoms with Crippen LogP contribution in [0.5, 0.6) is 0 Å². The molecular weight excluding hydrogens is 436 g/mol. The van der Waals surface area contributed by atoms with Crippen molar-refractivity contribution in [2.24, 2.45) is 0 Å². The van der Waals surface area contributed by atoms with Crippen molar-refractivity contribution in [2.45, 2.75) is 6.54 Å². The van der Waals surface area contributed by atoms with E-state index in [0.717, 1.165) is 24.8 Å². The van der Waals surface area contributed by atoms with E-state index in [1.54, 1.807) is 28.9 Å². The summed E-state index contributed by atoms with van der Waals surface area (Å²) in [4.78, 5) is 24.1. The molecule has 0 unspecified atom stereocenters. The highest BCUT2D eigenvalue weighted by molar-refractivity contribution is 7.14. The van der Waals surface area contributed by atoms with Gasteiger partial charge in [0.25, 0.3) is 5.91 Å². The minimum absolute atomic E-state index is 0.0349. The number of ether oxygens (including phenoxy) is 1. The summed E-state index contributed by atoms with van der Waals surface area (Å²) in [6, 6.07) is 7.25. The Bertz CT molecular complexity index is 1280. The third kappa shape index (κ3) is 4.12. The average molecular weight is 455 g/mol. The van der Waals surface area contributed by atoms with E-state index in [9.17, 15) is 13.6 Å². The zero-order chi connectivity index (χ0) is 22.1. The fourth-order valence-corrected chi connectivity index (χ4v) is 4.31. The maximum Gasteiger partial charge on any atom is 0.261 e. The smallest absolute Gasteiger partial charge is 0.261 e. The molecule has 0 spiro atoms. The molecule has 0 atom stereocenters. The van der Waals surface area contributed by atoms with Gasteiger partial charge in [-0.2, -0.15) is 0 Å². The van der Waals surface area contributed by atoms with E-state index in [0.29, 0.717) is 36.1 Å². The predicted molar refractivity (Wildman–Crippen MR) is 117 cm³/mol. The van der Waals surface area contributed by atoms with E-state index < -0.39 is 11.6 Å². The fourth-order valence-electron chi connectivity index (χ4n) is 3.61. The average Bonchev–Trinajstić information content (AvgIpc) is 3.42. The Labute approximate surface area is 186 Å². The number of imidazole rings is 1. The maximum atomic E-state index is 14.2.